The Labute approximate surface area is 105 Å². The molecule has 0 saturated heterocycles. The fourth-order valence-electron chi connectivity index (χ4n) is 1.36. The van der Waals surface area contributed by atoms with Crippen molar-refractivity contribution in [3.63, 3.8) is 0 Å². The molecule has 0 saturated carbocycles. The number of phenolic OH excluding ortho intramolecular Hbond substituents is 1. The standard InChI is InChI=1S/C12H16O6/c1-16-8-6-9(14)12(17-2)10(7-8)18-11(15)4-3-5-13/h6-7,13-14H,3-5H2,1-2H3. The van der Waals surface area contributed by atoms with Crippen molar-refractivity contribution < 1.29 is 29.2 Å². The smallest absolute Gasteiger partial charge is 0.311 e. The highest BCUT2D eigenvalue weighted by atomic mass is 16.6. The van der Waals surface area contributed by atoms with Crippen molar-refractivity contribution in [1.29, 1.82) is 0 Å². The molecule has 100 valence electrons. The van der Waals surface area contributed by atoms with Crippen LogP contribution in [-0.2, 0) is 4.79 Å². The highest BCUT2D eigenvalue weighted by Crippen LogP contribution is 2.40. The number of rotatable bonds is 6. The van der Waals surface area contributed by atoms with Crippen LogP contribution < -0.4 is 14.2 Å². The van der Waals surface area contributed by atoms with Gasteiger partial charge in [-0.1, -0.05) is 0 Å². The lowest BCUT2D eigenvalue weighted by Crippen LogP contribution is -2.09. The lowest BCUT2D eigenvalue weighted by molar-refractivity contribution is -0.134. The van der Waals surface area contributed by atoms with Gasteiger partial charge < -0.3 is 24.4 Å². The van der Waals surface area contributed by atoms with Crippen molar-refractivity contribution in [3.8, 4) is 23.0 Å². The van der Waals surface area contributed by atoms with Gasteiger partial charge in [0.25, 0.3) is 0 Å². The summed E-state index contributed by atoms with van der Waals surface area (Å²) in [5, 5.41) is 18.3. The van der Waals surface area contributed by atoms with E-state index in [2.05, 4.69) is 0 Å². The molecule has 0 amide bonds. The van der Waals surface area contributed by atoms with Gasteiger partial charge in [-0.15, -0.1) is 0 Å². The van der Waals surface area contributed by atoms with Crippen LogP contribution in [0.3, 0.4) is 0 Å². The lowest BCUT2D eigenvalue weighted by Gasteiger charge is -2.12. The number of aliphatic hydroxyl groups is 1. The average molecular weight is 256 g/mol. The highest BCUT2D eigenvalue weighted by Gasteiger charge is 2.16. The zero-order valence-corrected chi connectivity index (χ0v) is 10.3. The second-order valence-corrected chi connectivity index (χ2v) is 3.48. The highest BCUT2D eigenvalue weighted by molar-refractivity contribution is 5.74. The molecule has 0 radical (unpaired) electrons. The predicted octanol–water partition coefficient (Wildman–Crippen LogP) is 1.09. The van der Waals surface area contributed by atoms with Crippen LogP contribution in [0.5, 0.6) is 23.0 Å². The van der Waals surface area contributed by atoms with Crippen LogP contribution in [0.2, 0.25) is 0 Å². The summed E-state index contributed by atoms with van der Waals surface area (Å²) >= 11 is 0. The first-order valence-electron chi connectivity index (χ1n) is 5.39. The second-order valence-electron chi connectivity index (χ2n) is 3.48. The fraction of sp³-hybridized carbons (Fsp3) is 0.417. The Bertz CT molecular complexity index is 415. The van der Waals surface area contributed by atoms with E-state index in [-0.39, 0.29) is 30.3 Å². The van der Waals surface area contributed by atoms with Gasteiger partial charge in [0.1, 0.15) is 5.75 Å². The summed E-state index contributed by atoms with van der Waals surface area (Å²) in [6.07, 6.45) is 0.398. The molecule has 0 fully saturated rings. The number of ether oxygens (including phenoxy) is 3. The molecule has 1 aromatic carbocycles. The molecule has 0 spiro atoms. The number of benzene rings is 1. The molecule has 1 aromatic rings. The SMILES string of the molecule is COc1cc(O)c(OC)c(OC(=O)CCCO)c1. The Morgan fingerprint density at radius 3 is 2.56 bits per heavy atom. The van der Waals surface area contributed by atoms with Crippen LogP contribution in [0.1, 0.15) is 12.8 Å². The molecule has 0 aliphatic rings. The number of esters is 1. The Morgan fingerprint density at radius 2 is 2.00 bits per heavy atom. The Hall–Kier alpha value is -1.95. The summed E-state index contributed by atoms with van der Waals surface area (Å²) in [6, 6.07) is 2.79. The number of carbonyl (C=O) groups excluding carboxylic acids is 1. The third-order valence-corrected chi connectivity index (χ3v) is 2.21. The average Bonchev–Trinajstić information content (AvgIpc) is 2.35. The Balaban J connectivity index is 2.91. The molecule has 0 heterocycles. The number of methoxy groups -OCH3 is 2. The number of carbonyl (C=O) groups is 1. The summed E-state index contributed by atoms with van der Waals surface area (Å²) in [4.78, 5) is 11.4. The lowest BCUT2D eigenvalue weighted by atomic mass is 10.2. The quantitative estimate of drug-likeness (QED) is 0.585. The maximum absolute atomic E-state index is 11.4. The third-order valence-electron chi connectivity index (χ3n) is 2.21. The molecule has 0 bridgehead atoms. The van der Waals surface area contributed by atoms with Gasteiger partial charge in [0.2, 0.25) is 5.75 Å². The van der Waals surface area contributed by atoms with Crippen LogP contribution in [0.15, 0.2) is 12.1 Å². The van der Waals surface area contributed by atoms with Crippen LogP contribution in [0.4, 0.5) is 0 Å². The minimum absolute atomic E-state index is 0.0631. The van der Waals surface area contributed by atoms with Gasteiger partial charge in [0, 0.05) is 25.2 Å². The summed E-state index contributed by atoms with van der Waals surface area (Å²) in [7, 11) is 2.78. The van der Waals surface area contributed by atoms with E-state index in [0.717, 1.165) is 0 Å². The predicted molar refractivity (Wildman–Crippen MR) is 63.2 cm³/mol. The first-order chi connectivity index (χ1) is 8.62. The monoisotopic (exact) mass is 256 g/mol. The topological polar surface area (TPSA) is 85.2 Å². The molecular weight excluding hydrogens is 240 g/mol. The third kappa shape index (κ3) is 3.53. The maximum atomic E-state index is 11.4. The van der Waals surface area contributed by atoms with Crippen LogP contribution in [0, 0.1) is 0 Å². The second kappa shape index (κ2) is 6.70. The van der Waals surface area contributed by atoms with Gasteiger partial charge in [-0.25, -0.2) is 0 Å². The van der Waals surface area contributed by atoms with E-state index >= 15 is 0 Å². The number of hydrogen-bond donors (Lipinski definition) is 2. The minimum atomic E-state index is -0.519. The molecule has 6 nitrogen and oxygen atoms in total. The molecule has 0 aromatic heterocycles. The van der Waals surface area contributed by atoms with Crippen molar-refractivity contribution >= 4 is 5.97 Å². The zero-order chi connectivity index (χ0) is 13.5. The van der Waals surface area contributed by atoms with E-state index in [0.29, 0.717) is 12.2 Å². The van der Waals surface area contributed by atoms with Crippen molar-refractivity contribution in [3.05, 3.63) is 12.1 Å². The maximum Gasteiger partial charge on any atom is 0.311 e. The van der Waals surface area contributed by atoms with E-state index in [9.17, 15) is 9.90 Å². The number of aromatic hydroxyl groups is 1. The van der Waals surface area contributed by atoms with Gasteiger partial charge in [0.05, 0.1) is 14.2 Å². The van der Waals surface area contributed by atoms with Crippen LogP contribution in [-0.4, -0.2) is 37.0 Å². The molecule has 1 rings (SSSR count). The van der Waals surface area contributed by atoms with Crippen molar-refractivity contribution in [1.82, 2.24) is 0 Å². The van der Waals surface area contributed by atoms with Crippen LogP contribution >= 0.6 is 0 Å². The molecule has 18 heavy (non-hydrogen) atoms. The van der Waals surface area contributed by atoms with E-state index in [1.807, 2.05) is 0 Å². The fourth-order valence-corrected chi connectivity index (χ4v) is 1.36. The van der Waals surface area contributed by atoms with Gasteiger partial charge >= 0.3 is 5.97 Å². The van der Waals surface area contributed by atoms with Crippen molar-refractivity contribution in [2.24, 2.45) is 0 Å². The van der Waals surface area contributed by atoms with Gasteiger partial charge in [0.15, 0.2) is 11.5 Å². The molecule has 0 atom stereocenters. The number of phenols is 1. The number of aliphatic hydroxyl groups excluding tert-OH is 1. The van der Waals surface area contributed by atoms with E-state index < -0.39 is 5.97 Å². The molecular formula is C12H16O6. The van der Waals surface area contributed by atoms with Crippen molar-refractivity contribution in [2.75, 3.05) is 20.8 Å². The normalized spacial score (nSPS) is 9.94. The largest absolute Gasteiger partial charge is 0.504 e. The van der Waals surface area contributed by atoms with E-state index in [1.165, 1.54) is 26.4 Å². The first-order valence-corrected chi connectivity index (χ1v) is 5.39. The molecule has 0 unspecified atom stereocenters. The number of hydrogen-bond acceptors (Lipinski definition) is 6. The van der Waals surface area contributed by atoms with Crippen molar-refractivity contribution in [2.45, 2.75) is 12.8 Å². The van der Waals surface area contributed by atoms with E-state index in [4.69, 9.17) is 19.3 Å². The summed E-state index contributed by atoms with van der Waals surface area (Å²) in [5.74, 6) is -0.208. The molecule has 6 heteroatoms. The van der Waals surface area contributed by atoms with Gasteiger partial charge in [-0.3, -0.25) is 4.79 Å². The summed E-state index contributed by atoms with van der Waals surface area (Å²) in [5.41, 5.74) is 0. The summed E-state index contributed by atoms with van der Waals surface area (Å²) < 4.78 is 14.9. The molecule has 0 aliphatic heterocycles. The van der Waals surface area contributed by atoms with Crippen LogP contribution in [0.25, 0.3) is 0 Å². The summed E-state index contributed by atoms with van der Waals surface area (Å²) in [6.45, 7) is -0.0877. The molecule has 0 aliphatic carbocycles. The molecule has 2 N–H and O–H groups in total. The Kier molecular flexibility index (Phi) is 5.26. The first kappa shape index (κ1) is 14.1. The minimum Gasteiger partial charge on any atom is -0.504 e. The van der Waals surface area contributed by atoms with Gasteiger partial charge in [-0.05, 0) is 6.42 Å². The Morgan fingerprint density at radius 1 is 1.28 bits per heavy atom. The van der Waals surface area contributed by atoms with Gasteiger partial charge in [-0.2, -0.15) is 0 Å². The zero-order valence-electron chi connectivity index (χ0n) is 10.3. The van der Waals surface area contributed by atoms with E-state index in [1.54, 1.807) is 0 Å².